The van der Waals surface area contributed by atoms with E-state index in [4.69, 9.17) is 4.74 Å². The third-order valence-electron chi connectivity index (χ3n) is 6.21. The monoisotopic (exact) mass is 513 g/mol. The van der Waals surface area contributed by atoms with Gasteiger partial charge in [0.05, 0.1) is 19.1 Å². The molecule has 0 saturated heterocycles. The van der Waals surface area contributed by atoms with Crippen LogP contribution in [0.5, 0.6) is 5.75 Å². The molecule has 36 heavy (non-hydrogen) atoms. The van der Waals surface area contributed by atoms with Crippen molar-refractivity contribution >= 4 is 15.6 Å². The average Bonchev–Trinajstić information content (AvgIpc) is 2.86. The standard InChI is InChI=1S/C27H35N3O5S/c1-18-11-12-19(9-7-8-10-20(18)17-28-36(6,33)34)22-15-21(30-14-13-24(31)29-26(30)32)16-23(25(22)35-5)27(2,3)4/h9,11-16,20,28H,1,7-8,10,17H2,2-6H3,(H,29,31,32)/b12-11-,19-9+/t20-/m1/s1. The molecule has 0 fully saturated rings. The van der Waals surface area contributed by atoms with E-state index in [0.717, 1.165) is 47.8 Å². The number of nitrogens with zero attached hydrogens (tertiary/aromatic N) is 1. The zero-order valence-corrected chi connectivity index (χ0v) is 22.4. The molecule has 1 aliphatic carbocycles. The Morgan fingerprint density at radius 3 is 2.56 bits per heavy atom. The first kappa shape index (κ1) is 27.4. The number of rotatable bonds is 6. The molecule has 1 atom stereocenters. The number of nitrogens with one attached hydrogen (secondary N) is 2. The van der Waals surface area contributed by atoms with Gasteiger partial charge in [0.25, 0.3) is 5.56 Å². The number of aromatic amines is 1. The molecule has 2 aromatic rings. The van der Waals surface area contributed by atoms with E-state index in [0.29, 0.717) is 18.0 Å². The Morgan fingerprint density at radius 1 is 1.22 bits per heavy atom. The Hall–Kier alpha value is -3.17. The summed E-state index contributed by atoms with van der Waals surface area (Å²) >= 11 is 0. The van der Waals surface area contributed by atoms with Gasteiger partial charge in [-0.3, -0.25) is 14.3 Å². The Kier molecular flexibility index (Phi) is 8.26. The highest BCUT2D eigenvalue weighted by atomic mass is 32.2. The van der Waals surface area contributed by atoms with Gasteiger partial charge in [-0.25, -0.2) is 17.9 Å². The van der Waals surface area contributed by atoms with Gasteiger partial charge >= 0.3 is 5.69 Å². The van der Waals surface area contributed by atoms with Gasteiger partial charge in [0.1, 0.15) is 5.75 Å². The Balaban J connectivity index is 2.14. The van der Waals surface area contributed by atoms with Crippen molar-refractivity contribution in [1.82, 2.24) is 14.3 Å². The zero-order valence-electron chi connectivity index (χ0n) is 21.6. The van der Waals surface area contributed by atoms with Crippen LogP contribution in [0.2, 0.25) is 0 Å². The summed E-state index contributed by atoms with van der Waals surface area (Å²) in [6.07, 6.45) is 11.1. The fraction of sp³-hybridized carbons (Fsp3) is 0.407. The number of benzene rings is 1. The van der Waals surface area contributed by atoms with Crippen molar-refractivity contribution in [2.75, 3.05) is 19.9 Å². The third kappa shape index (κ3) is 6.73. The summed E-state index contributed by atoms with van der Waals surface area (Å²) in [6.45, 7) is 10.7. The van der Waals surface area contributed by atoms with Crippen LogP contribution in [-0.4, -0.2) is 37.9 Å². The van der Waals surface area contributed by atoms with Crippen LogP contribution in [0, 0.1) is 5.92 Å². The van der Waals surface area contributed by atoms with E-state index < -0.39 is 21.3 Å². The Morgan fingerprint density at radius 2 is 1.94 bits per heavy atom. The lowest BCUT2D eigenvalue weighted by Gasteiger charge is -2.26. The third-order valence-corrected chi connectivity index (χ3v) is 6.90. The number of methoxy groups -OCH3 is 1. The second-order valence-corrected chi connectivity index (χ2v) is 12.0. The van der Waals surface area contributed by atoms with Crippen molar-refractivity contribution in [1.29, 1.82) is 0 Å². The molecule has 3 rings (SSSR count). The van der Waals surface area contributed by atoms with Gasteiger partial charge in [-0.2, -0.15) is 0 Å². The van der Waals surface area contributed by atoms with Crippen LogP contribution >= 0.6 is 0 Å². The van der Waals surface area contributed by atoms with E-state index in [1.165, 1.54) is 16.8 Å². The minimum Gasteiger partial charge on any atom is -0.496 e. The van der Waals surface area contributed by atoms with Crippen LogP contribution in [0.25, 0.3) is 11.3 Å². The average molecular weight is 514 g/mol. The molecule has 1 heterocycles. The van der Waals surface area contributed by atoms with Crippen molar-refractivity contribution in [3.05, 3.63) is 86.7 Å². The summed E-state index contributed by atoms with van der Waals surface area (Å²) in [6, 6.07) is 5.11. The summed E-state index contributed by atoms with van der Waals surface area (Å²) in [7, 11) is -1.66. The molecule has 1 aromatic carbocycles. The number of ether oxygens (including phenoxy) is 1. The molecule has 0 unspecified atom stereocenters. The Bertz CT molecular complexity index is 1420. The van der Waals surface area contributed by atoms with Gasteiger partial charge in [-0.1, -0.05) is 51.2 Å². The molecular formula is C27H35N3O5S. The highest BCUT2D eigenvalue weighted by Gasteiger charge is 2.24. The van der Waals surface area contributed by atoms with Crippen LogP contribution < -0.4 is 20.7 Å². The molecule has 0 bridgehead atoms. The normalized spacial score (nSPS) is 19.5. The molecule has 2 N–H and O–H groups in total. The van der Waals surface area contributed by atoms with Crippen LogP contribution in [0.4, 0.5) is 0 Å². The van der Waals surface area contributed by atoms with Crippen LogP contribution in [-0.2, 0) is 15.4 Å². The minimum absolute atomic E-state index is 0.0122. The van der Waals surface area contributed by atoms with Crippen molar-refractivity contribution in [2.24, 2.45) is 5.92 Å². The molecule has 9 heteroatoms. The Labute approximate surface area is 212 Å². The van der Waals surface area contributed by atoms with E-state index in [9.17, 15) is 18.0 Å². The molecule has 0 aliphatic heterocycles. The van der Waals surface area contributed by atoms with Gasteiger partial charge in [-0.05, 0) is 48.3 Å². The van der Waals surface area contributed by atoms with Crippen molar-refractivity contribution < 1.29 is 13.2 Å². The summed E-state index contributed by atoms with van der Waals surface area (Å²) in [4.78, 5) is 26.5. The number of hydrogen-bond donors (Lipinski definition) is 2. The maximum atomic E-state index is 12.6. The first-order chi connectivity index (χ1) is 16.8. The zero-order chi connectivity index (χ0) is 26.7. The molecule has 1 aromatic heterocycles. The van der Waals surface area contributed by atoms with Crippen molar-refractivity contribution in [3.8, 4) is 11.4 Å². The predicted octanol–water partition coefficient (Wildman–Crippen LogP) is 3.68. The molecule has 0 spiro atoms. The minimum atomic E-state index is -3.29. The maximum Gasteiger partial charge on any atom is 0.332 e. The fourth-order valence-corrected chi connectivity index (χ4v) is 4.76. The number of aromatic nitrogens is 2. The lowest BCUT2D eigenvalue weighted by atomic mass is 9.83. The SMILES string of the molecule is C=C1/C=C\C(c2cc(-n3ccc(=O)[nH]c3=O)cc(C(C)(C)C)c2OC)=C/CCC[C@@H]1CNS(C)(=O)=O. The van der Waals surface area contributed by atoms with Crippen molar-refractivity contribution in [2.45, 2.75) is 45.4 Å². The summed E-state index contributed by atoms with van der Waals surface area (Å²) in [5, 5.41) is 0. The van der Waals surface area contributed by atoms with Crippen LogP contribution in [0.1, 0.15) is 51.2 Å². The fourth-order valence-electron chi connectivity index (χ4n) is 4.26. The number of allylic oxidation sites excluding steroid dienone is 4. The van der Waals surface area contributed by atoms with E-state index in [1.54, 1.807) is 7.11 Å². The topological polar surface area (TPSA) is 110 Å². The predicted molar refractivity (Wildman–Crippen MR) is 144 cm³/mol. The molecule has 1 aliphatic rings. The maximum absolute atomic E-state index is 12.6. The lowest BCUT2D eigenvalue weighted by Crippen LogP contribution is -2.28. The van der Waals surface area contributed by atoms with Crippen molar-refractivity contribution in [3.63, 3.8) is 0 Å². The van der Waals surface area contributed by atoms with E-state index >= 15 is 0 Å². The van der Waals surface area contributed by atoms with Gasteiger partial charge in [0.15, 0.2) is 0 Å². The van der Waals surface area contributed by atoms with Gasteiger partial charge in [0, 0.05) is 29.9 Å². The summed E-state index contributed by atoms with van der Waals surface area (Å²) in [5.74, 6) is 0.696. The van der Waals surface area contributed by atoms with Gasteiger partial charge in [0.2, 0.25) is 10.0 Å². The summed E-state index contributed by atoms with van der Waals surface area (Å²) < 4.78 is 33.1. The number of sulfonamides is 1. The van der Waals surface area contributed by atoms with E-state index in [1.807, 2.05) is 24.3 Å². The summed E-state index contributed by atoms with van der Waals surface area (Å²) in [5.41, 5.74) is 2.82. The number of H-pyrrole nitrogens is 1. The molecule has 0 radical (unpaired) electrons. The molecule has 194 valence electrons. The van der Waals surface area contributed by atoms with E-state index in [-0.39, 0.29) is 11.3 Å². The highest BCUT2D eigenvalue weighted by molar-refractivity contribution is 7.88. The molecule has 0 amide bonds. The van der Waals surface area contributed by atoms with Crippen LogP contribution in [0.15, 0.2) is 64.4 Å². The second kappa shape index (κ2) is 10.8. The van der Waals surface area contributed by atoms with Gasteiger partial charge < -0.3 is 4.74 Å². The quantitative estimate of drug-likeness (QED) is 0.612. The second-order valence-electron chi connectivity index (χ2n) is 10.1. The lowest BCUT2D eigenvalue weighted by molar-refractivity contribution is 0.396. The number of hydrogen-bond acceptors (Lipinski definition) is 5. The highest BCUT2D eigenvalue weighted by Crippen LogP contribution is 2.40. The van der Waals surface area contributed by atoms with Crippen LogP contribution in [0.3, 0.4) is 0 Å². The smallest absolute Gasteiger partial charge is 0.332 e. The first-order valence-electron chi connectivity index (χ1n) is 11.9. The first-order valence-corrected chi connectivity index (χ1v) is 13.8. The molecule has 8 nitrogen and oxygen atoms in total. The molecular weight excluding hydrogens is 478 g/mol. The molecule has 0 saturated carbocycles. The van der Waals surface area contributed by atoms with Gasteiger partial charge in [-0.15, -0.1) is 0 Å². The largest absolute Gasteiger partial charge is 0.496 e. The van der Waals surface area contributed by atoms with E-state index in [2.05, 4.69) is 43.1 Å².